The Morgan fingerprint density at radius 2 is 2.06 bits per heavy atom. The molecule has 0 saturated heterocycles. The SMILES string of the molecule is FC(F)(F)CCCCNc1ccnc(Cl)n1. The summed E-state index contributed by atoms with van der Waals surface area (Å²) < 4.78 is 35.4. The van der Waals surface area contributed by atoms with Gasteiger partial charge in [-0.05, 0) is 30.5 Å². The van der Waals surface area contributed by atoms with Gasteiger partial charge in [-0.2, -0.15) is 13.2 Å². The Balaban J connectivity index is 2.17. The van der Waals surface area contributed by atoms with Gasteiger partial charge in [-0.25, -0.2) is 9.97 Å². The maximum absolute atomic E-state index is 11.8. The lowest BCUT2D eigenvalue weighted by atomic mass is 10.2. The zero-order valence-electron chi connectivity index (χ0n) is 8.39. The third kappa shape index (κ3) is 5.75. The second-order valence-corrected chi connectivity index (χ2v) is 3.55. The van der Waals surface area contributed by atoms with Gasteiger partial charge in [0.15, 0.2) is 0 Å². The standard InChI is InChI=1S/C9H11ClF3N3/c10-8-15-6-3-7(16-8)14-5-2-1-4-9(11,12)13/h3,6H,1-2,4-5H2,(H,14,15,16). The highest BCUT2D eigenvalue weighted by Crippen LogP contribution is 2.22. The molecule has 1 rings (SSSR count). The average Bonchev–Trinajstić information content (AvgIpc) is 2.15. The predicted molar refractivity (Wildman–Crippen MR) is 55.4 cm³/mol. The Hall–Kier alpha value is -1.04. The van der Waals surface area contributed by atoms with E-state index in [-0.39, 0.29) is 11.7 Å². The molecular formula is C9H11ClF3N3. The lowest BCUT2D eigenvalue weighted by Gasteiger charge is -2.07. The molecule has 1 N–H and O–H groups in total. The van der Waals surface area contributed by atoms with Gasteiger partial charge in [0.2, 0.25) is 5.28 Å². The summed E-state index contributed by atoms with van der Waals surface area (Å²) in [7, 11) is 0. The van der Waals surface area contributed by atoms with E-state index < -0.39 is 12.6 Å². The van der Waals surface area contributed by atoms with E-state index in [2.05, 4.69) is 15.3 Å². The summed E-state index contributed by atoms with van der Waals surface area (Å²) in [5.74, 6) is 0.520. The van der Waals surface area contributed by atoms with E-state index in [9.17, 15) is 13.2 Å². The lowest BCUT2D eigenvalue weighted by molar-refractivity contribution is -0.135. The Labute approximate surface area is 96.0 Å². The summed E-state index contributed by atoms with van der Waals surface area (Å²) in [5.41, 5.74) is 0. The summed E-state index contributed by atoms with van der Waals surface area (Å²) in [5, 5.41) is 2.98. The molecule has 0 bridgehead atoms. The highest BCUT2D eigenvalue weighted by Gasteiger charge is 2.25. The molecule has 0 saturated carbocycles. The van der Waals surface area contributed by atoms with Gasteiger partial charge >= 0.3 is 6.18 Å². The largest absolute Gasteiger partial charge is 0.389 e. The van der Waals surface area contributed by atoms with Crippen LogP contribution in [0.2, 0.25) is 5.28 Å². The van der Waals surface area contributed by atoms with Crippen molar-refractivity contribution >= 4 is 17.4 Å². The fraction of sp³-hybridized carbons (Fsp3) is 0.556. The summed E-state index contributed by atoms with van der Waals surface area (Å²) in [6.07, 6.45) is -2.80. The first-order chi connectivity index (χ1) is 7.47. The number of hydrogen-bond acceptors (Lipinski definition) is 3. The molecule has 0 radical (unpaired) electrons. The van der Waals surface area contributed by atoms with E-state index in [0.717, 1.165) is 0 Å². The highest BCUT2D eigenvalue weighted by atomic mass is 35.5. The monoisotopic (exact) mass is 253 g/mol. The minimum absolute atomic E-state index is 0.106. The molecule has 0 amide bonds. The van der Waals surface area contributed by atoms with E-state index >= 15 is 0 Å². The summed E-state index contributed by atoms with van der Waals surface area (Å²) in [6.45, 7) is 0.434. The van der Waals surface area contributed by atoms with Crippen molar-refractivity contribution in [1.82, 2.24) is 9.97 Å². The van der Waals surface area contributed by atoms with E-state index in [4.69, 9.17) is 11.6 Å². The minimum atomic E-state index is -4.07. The Morgan fingerprint density at radius 1 is 1.31 bits per heavy atom. The van der Waals surface area contributed by atoms with Gasteiger partial charge in [0.25, 0.3) is 0 Å². The third-order valence-electron chi connectivity index (χ3n) is 1.82. The van der Waals surface area contributed by atoms with Crippen molar-refractivity contribution in [2.24, 2.45) is 0 Å². The van der Waals surface area contributed by atoms with Gasteiger partial charge in [0.05, 0.1) is 0 Å². The van der Waals surface area contributed by atoms with E-state index in [1.807, 2.05) is 0 Å². The van der Waals surface area contributed by atoms with Crippen molar-refractivity contribution in [3.05, 3.63) is 17.5 Å². The van der Waals surface area contributed by atoms with Crippen LogP contribution in [-0.2, 0) is 0 Å². The lowest BCUT2D eigenvalue weighted by Crippen LogP contribution is -2.09. The molecule has 0 fully saturated rings. The first-order valence-corrected chi connectivity index (χ1v) is 5.14. The molecule has 1 aromatic heterocycles. The number of rotatable bonds is 5. The van der Waals surface area contributed by atoms with Crippen LogP contribution in [-0.4, -0.2) is 22.7 Å². The van der Waals surface area contributed by atoms with Crippen LogP contribution in [0.4, 0.5) is 19.0 Å². The Kier molecular flexibility index (Phi) is 4.79. The number of alkyl halides is 3. The van der Waals surface area contributed by atoms with Crippen LogP contribution in [0.15, 0.2) is 12.3 Å². The first-order valence-electron chi connectivity index (χ1n) is 4.76. The number of aromatic nitrogens is 2. The topological polar surface area (TPSA) is 37.8 Å². The van der Waals surface area contributed by atoms with Crippen molar-refractivity contribution in [2.75, 3.05) is 11.9 Å². The number of halogens is 4. The quantitative estimate of drug-likeness (QED) is 0.646. The minimum Gasteiger partial charge on any atom is -0.370 e. The molecule has 0 atom stereocenters. The number of hydrogen-bond donors (Lipinski definition) is 1. The second-order valence-electron chi connectivity index (χ2n) is 3.21. The molecule has 0 aromatic carbocycles. The predicted octanol–water partition coefficient (Wildman–Crippen LogP) is 3.27. The van der Waals surface area contributed by atoms with Crippen molar-refractivity contribution in [3.8, 4) is 0 Å². The van der Waals surface area contributed by atoms with Gasteiger partial charge in [0, 0.05) is 19.2 Å². The molecule has 7 heteroatoms. The summed E-state index contributed by atoms with van der Waals surface area (Å²) >= 11 is 5.53. The maximum atomic E-state index is 11.8. The number of unbranched alkanes of at least 4 members (excludes halogenated alkanes) is 1. The van der Waals surface area contributed by atoms with Gasteiger partial charge in [-0.3, -0.25) is 0 Å². The van der Waals surface area contributed by atoms with Crippen LogP contribution in [0.5, 0.6) is 0 Å². The normalized spacial score (nSPS) is 11.5. The molecular weight excluding hydrogens is 243 g/mol. The number of nitrogens with zero attached hydrogens (tertiary/aromatic N) is 2. The van der Waals surface area contributed by atoms with Crippen molar-refractivity contribution in [1.29, 1.82) is 0 Å². The number of anilines is 1. The first kappa shape index (κ1) is 13.0. The molecule has 90 valence electrons. The molecule has 0 aliphatic rings. The van der Waals surface area contributed by atoms with Gasteiger partial charge in [0.1, 0.15) is 5.82 Å². The molecule has 0 aliphatic carbocycles. The van der Waals surface area contributed by atoms with Crippen LogP contribution in [0.1, 0.15) is 19.3 Å². The molecule has 0 aliphatic heterocycles. The van der Waals surface area contributed by atoms with Crippen molar-refractivity contribution in [2.45, 2.75) is 25.4 Å². The highest BCUT2D eigenvalue weighted by molar-refractivity contribution is 6.28. The smallest absolute Gasteiger partial charge is 0.370 e. The average molecular weight is 254 g/mol. The molecule has 3 nitrogen and oxygen atoms in total. The summed E-state index contributed by atoms with van der Waals surface area (Å²) in [6, 6.07) is 1.61. The van der Waals surface area contributed by atoms with Crippen LogP contribution in [0, 0.1) is 0 Å². The fourth-order valence-electron chi connectivity index (χ4n) is 1.10. The van der Waals surface area contributed by atoms with Crippen LogP contribution in [0.3, 0.4) is 0 Å². The molecule has 0 spiro atoms. The van der Waals surface area contributed by atoms with E-state index in [1.165, 1.54) is 6.20 Å². The van der Waals surface area contributed by atoms with E-state index in [1.54, 1.807) is 6.07 Å². The van der Waals surface area contributed by atoms with Gasteiger partial charge in [-0.1, -0.05) is 0 Å². The van der Waals surface area contributed by atoms with Crippen LogP contribution in [0.25, 0.3) is 0 Å². The van der Waals surface area contributed by atoms with Crippen LogP contribution < -0.4 is 5.32 Å². The molecule has 1 heterocycles. The zero-order valence-corrected chi connectivity index (χ0v) is 9.15. The maximum Gasteiger partial charge on any atom is 0.389 e. The van der Waals surface area contributed by atoms with E-state index in [0.29, 0.717) is 18.8 Å². The van der Waals surface area contributed by atoms with Crippen molar-refractivity contribution < 1.29 is 13.2 Å². The summed E-state index contributed by atoms with van der Waals surface area (Å²) in [4.78, 5) is 7.52. The Morgan fingerprint density at radius 3 is 2.69 bits per heavy atom. The molecule has 16 heavy (non-hydrogen) atoms. The zero-order chi connectivity index (χ0) is 12.0. The second kappa shape index (κ2) is 5.89. The molecule has 0 unspecified atom stereocenters. The van der Waals surface area contributed by atoms with Crippen molar-refractivity contribution in [3.63, 3.8) is 0 Å². The third-order valence-corrected chi connectivity index (χ3v) is 2.00. The van der Waals surface area contributed by atoms with Gasteiger partial charge in [-0.15, -0.1) is 0 Å². The fourth-order valence-corrected chi connectivity index (χ4v) is 1.25. The van der Waals surface area contributed by atoms with Gasteiger partial charge < -0.3 is 5.32 Å². The number of nitrogens with one attached hydrogen (secondary N) is 1. The van der Waals surface area contributed by atoms with Crippen LogP contribution >= 0.6 is 11.6 Å². The Bertz CT molecular complexity index is 330. The molecule has 1 aromatic rings.